The van der Waals surface area contributed by atoms with Crippen molar-refractivity contribution in [2.24, 2.45) is 0 Å². The van der Waals surface area contributed by atoms with Crippen molar-refractivity contribution in [1.29, 1.82) is 0 Å². The lowest BCUT2D eigenvalue weighted by Gasteiger charge is -2.41. The number of nitrogens with zero attached hydrogens (tertiary/aromatic N) is 1. The van der Waals surface area contributed by atoms with Crippen LogP contribution in [-0.4, -0.2) is 33.2 Å². The summed E-state index contributed by atoms with van der Waals surface area (Å²) in [6, 6.07) is 19.9. The van der Waals surface area contributed by atoms with E-state index in [2.05, 4.69) is 48.6 Å². The van der Waals surface area contributed by atoms with E-state index in [4.69, 9.17) is 9.47 Å². The Bertz CT molecular complexity index is 755. The molecule has 4 nitrogen and oxygen atoms in total. The Hall–Kier alpha value is -1.60. The number of amides is 1. The van der Waals surface area contributed by atoms with Gasteiger partial charge >= 0.3 is 6.09 Å². The number of hydrogen-bond donors (Lipinski definition) is 0. The van der Waals surface area contributed by atoms with Crippen molar-refractivity contribution >= 4 is 28.7 Å². The molecule has 1 amide bonds. The van der Waals surface area contributed by atoms with Crippen LogP contribution < -0.4 is 0 Å². The molecule has 3 rings (SSSR count). The molecule has 1 fully saturated rings. The molecule has 0 N–H and O–H groups in total. The Morgan fingerprint density at radius 2 is 1.72 bits per heavy atom. The Morgan fingerprint density at radius 3 is 2.31 bits per heavy atom. The van der Waals surface area contributed by atoms with E-state index in [1.807, 2.05) is 53.4 Å². The van der Waals surface area contributed by atoms with E-state index < -0.39 is 0 Å². The molecular weight excluding hydrogens is 477 g/mol. The third-order valence-electron chi connectivity index (χ3n) is 5.51. The molecule has 1 saturated heterocycles. The number of hydrogen-bond acceptors (Lipinski definition) is 3. The van der Waals surface area contributed by atoms with Gasteiger partial charge in [-0.05, 0) is 37.3 Å². The van der Waals surface area contributed by atoms with Gasteiger partial charge in [0.15, 0.2) is 0 Å². The van der Waals surface area contributed by atoms with Gasteiger partial charge in [0.2, 0.25) is 0 Å². The first-order valence-electron chi connectivity index (χ1n) is 10.4. The smallest absolute Gasteiger partial charge is 0.410 e. The summed E-state index contributed by atoms with van der Waals surface area (Å²) in [5, 5.41) is 0. The maximum Gasteiger partial charge on any atom is 0.410 e. The molecule has 0 radical (unpaired) electrons. The van der Waals surface area contributed by atoms with Crippen LogP contribution in [0.1, 0.15) is 44.2 Å². The third-order valence-corrected chi connectivity index (χ3v) is 7.14. The van der Waals surface area contributed by atoms with Crippen LogP contribution in [0, 0.1) is 0 Å². The van der Waals surface area contributed by atoms with E-state index in [9.17, 15) is 4.79 Å². The monoisotopic (exact) mass is 507 g/mol. The average molecular weight is 507 g/mol. The summed E-state index contributed by atoms with van der Waals surface area (Å²) >= 11 is 2.47. The van der Waals surface area contributed by atoms with Crippen molar-refractivity contribution in [1.82, 2.24) is 4.90 Å². The van der Waals surface area contributed by atoms with Crippen LogP contribution in [0.25, 0.3) is 0 Å². The third kappa shape index (κ3) is 6.19. The lowest BCUT2D eigenvalue weighted by molar-refractivity contribution is -0.0767. The summed E-state index contributed by atoms with van der Waals surface area (Å²) in [6.45, 7) is 5.05. The molecule has 29 heavy (non-hydrogen) atoms. The molecule has 2 unspecified atom stereocenters. The fourth-order valence-electron chi connectivity index (χ4n) is 3.85. The van der Waals surface area contributed by atoms with Crippen molar-refractivity contribution in [2.45, 2.75) is 68.4 Å². The molecule has 1 aliphatic rings. The first-order chi connectivity index (χ1) is 14.1. The molecule has 0 bridgehead atoms. The maximum absolute atomic E-state index is 13.2. The summed E-state index contributed by atoms with van der Waals surface area (Å²) in [5.41, 5.74) is 2.09. The van der Waals surface area contributed by atoms with Crippen LogP contribution in [0.2, 0.25) is 0 Å². The molecular formula is C24H30INO3. The molecule has 156 valence electrons. The first kappa shape index (κ1) is 22.1. The fraction of sp³-hybridized carbons (Fsp3) is 0.458. The standard InChI is InChI=1S/C24H30INO3/c1-3-22(23-15-14-21(25)18(2)29-23)26(16-19-10-6-4-7-11-19)24(27)28-17-20-12-8-5-9-13-20/h4-13,18,21-23H,3,14-17H2,1-2H3/t18?,21?,22-,23+/m1/s1. The molecule has 5 heteroatoms. The van der Waals surface area contributed by atoms with Crippen molar-refractivity contribution in [3.63, 3.8) is 0 Å². The number of halogens is 1. The summed E-state index contributed by atoms with van der Waals surface area (Å²) < 4.78 is 12.6. The van der Waals surface area contributed by atoms with Gasteiger partial charge in [-0.1, -0.05) is 90.2 Å². The van der Waals surface area contributed by atoms with Gasteiger partial charge in [0.05, 0.1) is 18.2 Å². The summed E-state index contributed by atoms with van der Waals surface area (Å²) in [5.74, 6) is 0. The normalized spacial score (nSPS) is 22.7. The Morgan fingerprint density at radius 1 is 1.10 bits per heavy atom. The van der Waals surface area contributed by atoms with E-state index in [0.717, 1.165) is 30.4 Å². The maximum atomic E-state index is 13.2. The van der Waals surface area contributed by atoms with E-state index in [0.29, 0.717) is 10.5 Å². The minimum atomic E-state index is -0.280. The second kappa shape index (κ2) is 11.0. The van der Waals surface area contributed by atoms with Gasteiger partial charge in [-0.15, -0.1) is 0 Å². The van der Waals surface area contributed by atoms with Gasteiger partial charge in [0, 0.05) is 10.5 Å². The van der Waals surface area contributed by atoms with Gasteiger partial charge in [-0.25, -0.2) is 4.79 Å². The highest BCUT2D eigenvalue weighted by Crippen LogP contribution is 2.30. The highest BCUT2D eigenvalue weighted by atomic mass is 127. The SMILES string of the molecule is CC[C@H]([C@@H]1CCC(I)C(C)O1)N(Cc1ccccc1)C(=O)OCc1ccccc1. The predicted octanol–water partition coefficient (Wildman–Crippen LogP) is 5.98. The Balaban J connectivity index is 1.76. The van der Waals surface area contributed by atoms with Crippen LogP contribution in [0.4, 0.5) is 4.79 Å². The molecule has 2 aromatic rings. The van der Waals surface area contributed by atoms with Crippen LogP contribution in [0.5, 0.6) is 0 Å². The summed E-state index contributed by atoms with van der Waals surface area (Å²) in [7, 11) is 0. The molecule has 0 spiro atoms. The molecule has 1 aliphatic heterocycles. The topological polar surface area (TPSA) is 38.8 Å². The van der Waals surface area contributed by atoms with E-state index in [-0.39, 0.29) is 30.9 Å². The number of ether oxygens (including phenoxy) is 2. The van der Waals surface area contributed by atoms with E-state index in [1.54, 1.807) is 0 Å². The number of rotatable bonds is 7. The van der Waals surface area contributed by atoms with Gasteiger partial charge in [0.25, 0.3) is 0 Å². The minimum Gasteiger partial charge on any atom is -0.445 e. The highest BCUT2D eigenvalue weighted by molar-refractivity contribution is 14.1. The highest BCUT2D eigenvalue weighted by Gasteiger charge is 2.36. The van der Waals surface area contributed by atoms with Gasteiger partial charge < -0.3 is 9.47 Å². The predicted molar refractivity (Wildman–Crippen MR) is 124 cm³/mol. The molecule has 2 aromatic carbocycles. The van der Waals surface area contributed by atoms with Gasteiger partial charge in [-0.2, -0.15) is 0 Å². The molecule has 0 aliphatic carbocycles. The largest absolute Gasteiger partial charge is 0.445 e. The number of carbonyl (C=O) groups excluding carboxylic acids is 1. The Labute approximate surface area is 187 Å². The van der Waals surface area contributed by atoms with Crippen LogP contribution in [-0.2, 0) is 22.6 Å². The molecule has 4 atom stereocenters. The van der Waals surface area contributed by atoms with E-state index in [1.165, 1.54) is 0 Å². The summed E-state index contributed by atoms with van der Waals surface area (Å²) in [6.07, 6.45) is 2.86. The second-order valence-corrected chi connectivity index (χ2v) is 9.20. The van der Waals surface area contributed by atoms with Crippen molar-refractivity contribution in [2.75, 3.05) is 0 Å². The van der Waals surface area contributed by atoms with E-state index >= 15 is 0 Å². The number of benzene rings is 2. The number of alkyl halides is 1. The average Bonchev–Trinajstić information content (AvgIpc) is 2.75. The fourth-order valence-corrected chi connectivity index (χ4v) is 4.38. The summed E-state index contributed by atoms with van der Waals surface area (Å²) in [4.78, 5) is 15.0. The van der Waals surface area contributed by atoms with Crippen LogP contribution in [0.15, 0.2) is 60.7 Å². The zero-order valence-electron chi connectivity index (χ0n) is 17.2. The van der Waals surface area contributed by atoms with Crippen molar-refractivity contribution in [3.8, 4) is 0 Å². The van der Waals surface area contributed by atoms with Crippen molar-refractivity contribution < 1.29 is 14.3 Å². The minimum absolute atomic E-state index is 0.00942. The molecule has 0 aromatic heterocycles. The van der Waals surface area contributed by atoms with Gasteiger partial charge in [-0.3, -0.25) is 4.90 Å². The quantitative estimate of drug-likeness (QED) is 0.342. The first-order valence-corrected chi connectivity index (χ1v) is 11.6. The molecule has 1 heterocycles. The number of carbonyl (C=O) groups is 1. The second-order valence-electron chi connectivity index (χ2n) is 7.60. The lowest BCUT2D eigenvalue weighted by atomic mass is 9.96. The van der Waals surface area contributed by atoms with Crippen LogP contribution >= 0.6 is 22.6 Å². The lowest BCUT2D eigenvalue weighted by Crippen LogP contribution is -2.50. The molecule has 0 saturated carbocycles. The Kier molecular flexibility index (Phi) is 8.36. The zero-order valence-corrected chi connectivity index (χ0v) is 19.3. The zero-order chi connectivity index (χ0) is 20.6. The van der Waals surface area contributed by atoms with Crippen LogP contribution in [0.3, 0.4) is 0 Å². The van der Waals surface area contributed by atoms with Crippen molar-refractivity contribution in [3.05, 3.63) is 71.8 Å². The van der Waals surface area contributed by atoms with Gasteiger partial charge in [0.1, 0.15) is 6.61 Å².